The van der Waals surface area contributed by atoms with E-state index >= 15 is 0 Å². The molecule has 0 aromatic heterocycles. The average Bonchev–Trinajstić information content (AvgIpc) is 2.49. The molecule has 0 amide bonds. The van der Waals surface area contributed by atoms with Crippen LogP contribution in [0.4, 0.5) is 0 Å². The van der Waals surface area contributed by atoms with Crippen molar-refractivity contribution in [1.29, 1.82) is 0 Å². The third-order valence-electron chi connectivity index (χ3n) is 3.58. The summed E-state index contributed by atoms with van der Waals surface area (Å²) in [6.45, 7) is 4.04. The van der Waals surface area contributed by atoms with E-state index in [0.29, 0.717) is 0 Å². The van der Waals surface area contributed by atoms with Crippen molar-refractivity contribution in [1.82, 2.24) is 0 Å². The Morgan fingerprint density at radius 3 is 2.10 bits per heavy atom. The van der Waals surface area contributed by atoms with Crippen LogP contribution in [0.25, 0.3) is 0 Å². The molecule has 0 N–H and O–H groups in total. The highest BCUT2D eigenvalue weighted by Gasteiger charge is 2.24. The van der Waals surface area contributed by atoms with Gasteiger partial charge in [0.25, 0.3) is 0 Å². The minimum atomic E-state index is -0.173. The summed E-state index contributed by atoms with van der Waals surface area (Å²) >= 11 is 0. The van der Waals surface area contributed by atoms with Crippen LogP contribution in [0.2, 0.25) is 0 Å². The molecule has 0 saturated carbocycles. The van der Waals surface area contributed by atoms with Crippen molar-refractivity contribution in [2.45, 2.75) is 25.7 Å². The lowest BCUT2D eigenvalue weighted by Gasteiger charge is -2.27. The summed E-state index contributed by atoms with van der Waals surface area (Å²) < 4.78 is 0. The molecule has 102 valence electrons. The van der Waals surface area contributed by atoms with Crippen molar-refractivity contribution in [2.75, 3.05) is 0 Å². The minimum Gasteiger partial charge on any atom is -0.298 e. The van der Waals surface area contributed by atoms with E-state index in [1.54, 1.807) is 0 Å². The maximum Gasteiger partial charge on any atom is 0.145 e. The first kappa shape index (κ1) is 14.3. The number of allylic oxidation sites excluding steroid dienone is 2. The van der Waals surface area contributed by atoms with Gasteiger partial charge >= 0.3 is 0 Å². The van der Waals surface area contributed by atoms with Crippen molar-refractivity contribution in [2.24, 2.45) is 0 Å². The second-order valence-electron chi connectivity index (χ2n) is 5.45. The van der Waals surface area contributed by atoms with Gasteiger partial charge in [0.2, 0.25) is 0 Å². The predicted octanol–water partition coefficient (Wildman–Crippen LogP) is 4.33. The van der Waals surface area contributed by atoms with E-state index in [9.17, 15) is 4.79 Å². The Labute approximate surface area is 121 Å². The number of benzene rings is 2. The fourth-order valence-corrected chi connectivity index (χ4v) is 2.61. The molecule has 2 rings (SSSR count). The van der Waals surface area contributed by atoms with Crippen LogP contribution >= 0.6 is 0 Å². The van der Waals surface area contributed by atoms with Gasteiger partial charge in [-0.3, -0.25) is 4.79 Å². The van der Waals surface area contributed by atoms with Gasteiger partial charge in [0.1, 0.15) is 6.29 Å². The molecule has 0 spiro atoms. The summed E-state index contributed by atoms with van der Waals surface area (Å²) in [6, 6.07) is 20.7. The van der Waals surface area contributed by atoms with Crippen LogP contribution < -0.4 is 0 Å². The van der Waals surface area contributed by atoms with Gasteiger partial charge in [-0.1, -0.05) is 73.7 Å². The molecule has 0 saturated heterocycles. The normalized spacial score (nSPS) is 14.6. The zero-order valence-electron chi connectivity index (χ0n) is 12.0. The van der Waals surface area contributed by atoms with Crippen LogP contribution in [-0.2, 0) is 16.6 Å². The fraction of sp³-hybridized carbons (Fsp3) is 0.211. The number of hydrogen-bond donors (Lipinski definition) is 0. The van der Waals surface area contributed by atoms with Crippen LogP contribution in [-0.4, -0.2) is 6.29 Å². The summed E-state index contributed by atoms with van der Waals surface area (Å²) in [7, 11) is 0. The zero-order valence-corrected chi connectivity index (χ0v) is 12.0. The molecular weight excluding hydrogens is 244 g/mol. The van der Waals surface area contributed by atoms with Crippen molar-refractivity contribution in [3.63, 3.8) is 0 Å². The Balaban J connectivity index is 2.42. The number of carbonyl (C=O) groups excluding carboxylic acids is 1. The number of rotatable bonds is 5. The third kappa shape index (κ3) is 3.45. The van der Waals surface area contributed by atoms with Gasteiger partial charge in [0.15, 0.2) is 0 Å². The molecule has 1 heteroatoms. The molecule has 0 aliphatic heterocycles. The lowest BCUT2D eigenvalue weighted by molar-refractivity contribution is -0.104. The highest BCUT2D eigenvalue weighted by molar-refractivity contribution is 5.72. The molecule has 0 radical (unpaired) electrons. The molecule has 0 fully saturated rings. The Morgan fingerprint density at radius 2 is 1.55 bits per heavy atom. The van der Waals surface area contributed by atoms with Crippen LogP contribution in [0, 0.1) is 0 Å². The van der Waals surface area contributed by atoms with E-state index < -0.39 is 0 Å². The Morgan fingerprint density at radius 1 is 1.00 bits per heavy atom. The van der Waals surface area contributed by atoms with Crippen molar-refractivity contribution < 1.29 is 4.79 Å². The van der Waals surface area contributed by atoms with Crippen molar-refractivity contribution >= 4 is 6.29 Å². The first-order valence-corrected chi connectivity index (χ1v) is 6.88. The number of hydrogen-bond acceptors (Lipinski definition) is 1. The molecule has 0 heterocycles. The molecule has 1 nitrogen and oxygen atoms in total. The van der Waals surface area contributed by atoms with Gasteiger partial charge in [-0.2, -0.15) is 0 Å². The summed E-state index contributed by atoms with van der Waals surface area (Å²) in [5, 5.41) is 0. The largest absolute Gasteiger partial charge is 0.298 e. The second kappa shape index (κ2) is 6.33. The summed E-state index contributed by atoms with van der Waals surface area (Å²) in [5.74, 6) is 0. The van der Waals surface area contributed by atoms with Gasteiger partial charge in [0, 0.05) is 5.41 Å². The van der Waals surface area contributed by atoms with E-state index in [1.807, 2.05) is 31.2 Å². The Bertz CT molecular complexity index is 584. The highest BCUT2D eigenvalue weighted by atomic mass is 16.1. The van der Waals surface area contributed by atoms with E-state index in [2.05, 4.69) is 49.4 Å². The van der Waals surface area contributed by atoms with E-state index in [4.69, 9.17) is 0 Å². The molecule has 1 atom stereocenters. The molecule has 0 aliphatic carbocycles. The molecule has 0 aliphatic rings. The highest BCUT2D eigenvalue weighted by Crippen LogP contribution is 2.30. The molecular formula is C19H20O. The van der Waals surface area contributed by atoms with E-state index in [0.717, 1.165) is 18.3 Å². The standard InChI is InChI=1S/C19H20O/c1-16(15-20)13-19(2,18-11-7-4-8-12-18)14-17-9-5-3-6-10-17/h3-13,15H,14H2,1-2H3/b16-13+/t19-/m1/s1. The lowest BCUT2D eigenvalue weighted by Crippen LogP contribution is -2.23. The molecule has 0 bridgehead atoms. The Hall–Kier alpha value is -2.15. The molecule has 2 aromatic rings. The van der Waals surface area contributed by atoms with Crippen LogP contribution in [0.15, 0.2) is 72.3 Å². The summed E-state index contributed by atoms with van der Waals surface area (Å²) in [6.07, 6.45) is 3.87. The Kier molecular flexibility index (Phi) is 4.52. The first-order valence-electron chi connectivity index (χ1n) is 6.88. The lowest BCUT2D eigenvalue weighted by atomic mass is 9.76. The molecule has 2 aromatic carbocycles. The summed E-state index contributed by atoms with van der Waals surface area (Å²) in [4.78, 5) is 11.0. The molecule has 20 heavy (non-hydrogen) atoms. The fourth-order valence-electron chi connectivity index (χ4n) is 2.61. The molecule has 0 unspecified atom stereocenters. The van der Waals surface area contributed by atoms with Crippen LogP contribution in [0.1, 0.15) is 25.0 Å². The SMILES string of the molecule is C/C(C=O)=C\[C@](C)(Cc1ccccc1)c1ccccc1. The van der Waals surface area contributed by atoms with Crippen molar-refractivity contribution in [3.05, 3.63) is 83.4 Å². The van der Waals surface area contributed by atoms with Crippen molar-refractivity contribution in [3.8, 4) is 0 Å². The number of carbonyl (C=O) groups is 1. The first-order chi connectivity index (χ1) is 9.64. The maximum atomic E-state index is 11.0. The smallest absolute Gasteiger partial charge is 0.145 e. The third-order valence-corrected chi connectivity index (χ3v) is 3.58. The quantitative estimate of drug-likeness (QED) is 0.580. The van der Waals surface area contributed by atoms with Gasteiger partial charge in [-0.25, -0.2) is 0 Å². The maximum absolute atomic E-state index is 11.0. The van der Waals surface area contributed by atoms with Gasteiger partial charge in [0.05, 0.1) is 0 Å². The minimum absolute atomic E-state index is 0.173. The van der Waals surface area contributed by atoms with Gasteiger partial charge in [-0.15, -0.1) is 0 Å². The average molecular weight is 264 g/mol. The van der Waals surface area contributed by atoms with Crippen LogP contribution in [0.5, 0.6) is 0 Å². The van der Waals surface area contributed by atoms with Crippen LogP contribution in [0.3, 0.4) is 0 Å². The monoisotopic (exact) mass is 264 g/mol. The second-order valence-corrected chi connectivity index (χ2v) is 5.45. The topological polar surface area (TPSA) is 17.1 Å². The van der Waals surface area contributed by atoms with Gasteiger partial charge in [-0.05, 0) is 30.0 Å². The predicted molar refractivity (Wildman–Crippen MR) is 83.8 cm³/mol. The van der Waals surface area contributed by atoms with E-state index in [-0.39, 0.29) is 5.41 Å². The zero-order chi connectivity index (χ0) is 14.4. The van der Waals surface area contributed by atoms with E-state index in [1.165, 1.54) is 11.1 Å². The number of aldehydes is 1. The summed E-state index contributed by atoms with van der Waals surface area (Å²) in [5.41, 5.74) is 3.10. The van der Waals surface area contributed by atoms with Gasteiger partial charge < -0.3 is 0 Å².